The molecule has 3 heteroatoms. The summed E-state index contributed by atoms with van der Waals surface area (Å²) in [6.45, 7) is 5.86. The quantitative estimate of drug-likeness (QED) is 0.399. The van der Waals surface area contributed by atoms with Crippen molar-refractivity contribution in [2.24, 2.45) is 11.1 Å². The van der Waals surface area contributed by atoms with Crippen LogP contribution in [-0.4, -0.2) is 16.6 Å². The zero-order chi connectivity index (χ0) is 7.94. The zero-order valence-corrected chi connectivity index (χ0v) is 6.72. The fourth-order valence-corrected chi connectivity index (χ4v) is 1.40. The Bertz CT molecular complexity index is 184. The lowest BCUT2D eigenvalue weighted by Crippen LogP contribution is -2.39. The molecule has 58 valence electrons. The Morgan fingerprint density at radius 1 is 1.70 bits per heavy atom. The second-order valence-corrected chi connectivity index (χ2v) is 3.67. The monoisotopic (exact) mass is 142 g/mol. The molecule has 0 aromatic rings. The number of hydroxylamine groups is 1. The number of nitrogens with two attached hydrogens (primary N) is 1. The topological polar surface area (TPSA) is 52.1 Å². The van der Waals surface area contributed by atoms with Gasteiger partial charge < -0.3 is 5.21 Å². The van der Waals surface area contributed by atoms with Crippen LogP contribution in [-0.2, 0) is 0 Å². The first-order chi connectivity index (χ1) is 4.45. The van der Waals surface area contributed by atoms with E-state index in [-0.39, 0.29) is 11.6 Å². The lowest BCUT2D eigenvalue weighted by atomic mass is 9.88. The molecule has 0 spiro atoms. The van der Waals surface area contributed by atoms with Gasteiger partial charge in [0.25, 0.3) is 0 Å². The van der Waals surface area contributed by atoms with Crippen molar-refractivity contribution in [2.75, 3.05) is 0 Å². The van der Waals surface area contributed by atoms with E-state index in [9.17, 15) is 5.21 Å². The smallest absolute Gasteiger partial charge is 0.220 e. The lowest BCUT2D eigenvalue weighted by molar-refractivity contribution is -0.505. The predicted octanol–water partition coefficient (Wildman–Crippen LogP) is 0.672. The van der Waals surface area contributed by atoms with Gasteiger partial charge in [0, 0.05) is 13.3 Å². The highest BCUT2D eigenvalue weighted by molar-refractivity contribution is 5.79. The van der Waals surface area contributed by atoms with Crippen molar-refractivity contribution < 1.29 is 4.74 Å². The van der Waals surface area contributed by atoms with E-state index in [0.29, 0.717) is 0 Å². The number of hydrogen-bond acceptors (Lipinski definition) is 2. The van der Waals surface area contributed by atoms with E-state index in [1.54, 1.807) is 0 Å². The molecule has 0 saturated carbocycles. The summed E-state index contributed by atoms with van der Waals surface area (Å²) >= 11 is 0. The van der Waals surface area contributed by atoms with Gasteiger partial charge in [0.2, 0.25) is 6.17 Å². The average molecular weight is 142 g/mol. The summed E-state index contributed by atoms with van der Waals surface area (Å²) < 4.78 is 0.917. The SMILES string of the molecule is CC1=[N+]([O-])C(N)C(C)(C)C1. The number of nitrogens with zero attached hydrogens (tertiary/aromatic N) is 1. The van der Waals surface area contributed by atoms with Gasteiger partial charge in [-0.25, -0.2) is 0 Å². The molecule has 1 atom stereocenters. The first-order valence-electron chi connectivity index (χ1n) is 3.49. The molecule has 1 aliphatic rings. The maximum atomic E-state index is 11.1. The molecule has 1 rings (SSSR count). The van der Waals surface area contributed by atoms with Crippen LogP contribution in [0.5, 0.6) is 0 Å². The minimum atomic E-state index is -0.354. The molecular weight excluding hydrogens is 128 g/mol. The van der Waals surface area contributed by atoms with E-state index in [0.717, 1.165) is 16.9 Å². The van der Waals surface area contributed by atoms with Crippen LogP contribution in [0.3, 0.4) is 0 Å². The van der Waals surface area contributed by atoms with Crippen LogP contribution in [0.25, 0.3) is 0 Å². The van der Waals surface area contributed by atoms with Crippen LogP contribution >= 0.6 is 0 Å². The van der Waals surface area contributed by atoms with Gasteiger partial charge >= 0.3 is 0 Å². The Hall–Kier alpha value is -0.570. The van der Waals surface area contributed by atoms with Crippen molar-refractivity contribution in [3.63, 3.8) is 0 Å². The molecule has 0 radical (unpaired) electrons. The Morgan fingerprint density at radius 2 is 2.20 bits per heavy atom. The van der Waals surface area contributed by atoms with E-state index >= 15 is 0 Å². The maximum absolute atomic E-state index is 11.1. The fourth-order valence-electron chi connectivity index (χ4n) is 1.40. The van der Waals surface area contributed by atoms with Crippen LogP contribution in [0, 0.1) is 10.6 Å². The first kappa shape index (κ1) is 7.54. The minimum absolute atomic E-state index is 0.0498. The van der Waals surface area contributed by atoms with E-state index in [4.69, 9.17) is 5.73 Å². The van der Waals surface area contributed by atoms with Gasteiger partial charge in [0.15, 0.2) is 5.71 Å². The predicted molar refractivity (Wildman–Crippen MR) is 40.7 cm³/mol. The highest BCUT2D eigenvalue weighted by Crippen LogP contribution is 2.29. The molecule has 3 nitrogen and oxygen atoms in total. The molecule has 0 aliphatic carbocycles. The summed E-state index contributed by atoms with van der Waals surface area (Å²) in [6, 6.07) is 0. The molecule has 1 aliphatic heterocycles. The average Bonchev–Trinajstić information content (AvgIpc) is 1.95. The maximum Gasteiger partial charge on any atom is 0.220 e. The van der Waals surface area contributed by atoms with E-state index in [1.807, 2.05) is 20.8 Å². The third kappa shape index (κ3) is 0.904. The molecule has 1 unspecified atom stereocenters. The lowest BCUT2D eigenvalue weighted by Gasteiger charge is -2.19. The largest absolute Gasteiger partial charge is 0.623 e. The fraction of sp³-hybridized carbons (Fsp3) is 0.857. The van der Waals surface area contributed by atoms with Crippen molar-refractivity contribution in [1.29, 1.82) is 0 Å². The van der Waals surface area contributed by atoms with E-state index in [2.05, 4.69) is 0 Å². The molecule has 1 heterocycles. The summed E-state index contributed by atoms with van der Waals surface area (Å²) in [5.41, 5.74) is 6.43. The van der Waals surface area contributed by atoms with Crippen molar-refractivity contribution in [3.05, 3.63) is 5.21 Å². The highest BCUT2D eigenvalue weighted by atomic mass is 16.5. The molecule has 10 heavy (non-hydrogen) atoms. The zero-order valence-electron chi connectivity index (χ0n) is 6.72. The number of hydrogen-bond donors (Lipinski definition) is 1. The Kier molecular flexibility index (Phi) is 1.47. The second-order valence-electron chi connectivity index (χ2n) is 3.67. The molecule has 0 bridgehead atoms. The Labute approximate surface area is 61.1 Å². The molecule has 0 fully saturated rings. The summed E-state index contributed by atoms with van der Waals surface area (Å²) in [5, 5.41) is 11.1. The van der Waals surface area contributed by atoms with Gasteiger partial charge in [-0.2, -0.15) is 4.74 Å². The summed E-state index contributed by atoms with van der Waals surface area (Å²) in [4.78, 5) is 0. The van der Waals surface area contributed by atoms with Crippen LogP contribution < -0.4 is 5.73 Å². The molecule has 0 aromatic heterocycles. The van der Waals surface area contributed by atoms with Crippen molar-refractivity contribution in [3.8, 4) is 0 Å². The first-order valence-corrected chi connectivity index (χ1v) is 3.49. The van der Waals surface area contributed by atoms with Crippen molar-refractivity contribution >= 4 is 5.71 Å². The van der Waals surface area contributed by atoms with Gasteiger partial charge in [-0.1, -0.05) is 13.8 Å². The van der Waals surface area contributed by atoms with Gasteiger partial charge in [0.05, 0.1) is 5.41 Å². The molecular formula is C7H14N2O. The van der Waals surface area contributed by atoms with Crippen LogP contribution in [0.1, 0.15) is 27.2 Å². The third-order valence-electron chi connectivity index (χ3n) is 2.14. The second kappa shape index (κ2) is 1.95. The highest BCUT2D eigenvalue weighted by Gasteiger charge is 2.41. The summed E-state index contributed by atoms with van der Waals surface area (Å²) in [7, 11) is 0. The summed E-state index contributed by atoms with van der Waals surface area (Å²) in [6.07, 6.45) is 0.463. The van der Waals surface area contributed by atoms with E-state index < -0.39 is 0 Å². The van der Waals surface area contributed by atoms with Crippen LogP contribution in [0.15, 0.2) is 0 Å². The van der Waals surface area contributed by atoms with Crippen LogP contribution in [0.2, 0.25) is 0 Å². The standard InChI is InChI=1S/C7H14N2O/c1-5-4-7(2,3)6(8)9(5)10/h6H,4,8H2,1-3H3. The summed E-state index contributed by atoms with van der Waals surface area (Å²) in [5.74, 6) is 0. The van der Waals surface area contributed by atoms with E-state index in [1.165, 1.54) is 0 Å². The van der Waals surface area contributed by atoms with Crippen molar-refractivity contribution in [2.45, 2.75) is 33.4 Å². The van der Waals surface area contributed by atoms with Gasteiger partial charge in [0.1, 0.15) is 0 Å². The van der Waals surface area contributed by atoms with Gasteiger partial charge in [-0.05, 0) is 0 Å². The minimum Gasteiger partial charge on any atom is -0.623 e. The van der Waals surface area contributed by atoms with Gasteiger partial charge in [-0.15, -0.1) is 0 Å². The van der Waals surface area contributed by atoms with Crippen molar-refractivity contribution in [1.82, 2.24) is 0 Å². The molecule has 0 aromatic carbocycles. The van der Waals surface area contributed by atoms with Crippen LogP contribution in [0.4, 0.5) is 0 Å². The normalized spacial score (nSPS) is 31.4. The third-order valence-corrected chi connectivity index (χ3v) is 2.14. The number of rotatable bonds is 0. The molecule has 0 amide bonds. The van der Waals surface area contributed by atoms with Gasteiger partial charge in [-0.3, -0.25) is 5.73 Å². The Balaban J connectivity index is 2.87. The Morgan fingerprint density at radius 3 is 2.30 bits per heavy atom. The molecule has 0 saturated heterocycles. The molecule has 2 N–H and O–H groups in total.